The fraction of sp³-hybridized carbons (Fsp3) is 0. The predicted octanol–water partition coefficient (Wildman–Crippen LogP) is 12.7. The van der Waals surface area contributed by atoms with Crippen LogP contribution >= 0.6 is 0 Å². The van der Waals surface area contributed by atoms with Crippen LogP contribution in [0.5, 0.6) is 0 Å². The lowest BCUT2D eigenvalue weighted by Crippen LogP contribution is -2.07. The normalized spacial score (nSPS) is 12.8. The van der Waals surface area contributed by atoms with E-state index < -0.39 is 6.04 Å². The van der Waals surface area contributed by atoms with Gasteiger partial charge in [-0.05, 0) is 41.0 Å². The Morgan fingerprint density at radius 3 is 1.62 bits per heavy atom. The van der Waals surface area contributed by atoms with Gasteiger partial charge in [0.2, 0.25) is 5.95 Å². The highest BCUT2D eigenvalue weighted by Crippen LogP contribution is 2.43. The van der Waals surface area contributed by atoms with Crippen LogP contribution in [-0.2, 0) is 0 Å². The van der Waals surface area contributed by atoms with E-state index in [-0.39, 0.29) is 29.7 Å². The number of hydrogen-bond acceptors (Lipinski definition) is 3. The Balaban J connectivity index is 1.27. The minimum atomic E-state index is -0.433. The van der Waals surface area contributed by atoms with Crippen LogP contribution in [0.1, 0.15) is 6.85 Å². The van der Waals surface area contributed by atoms with Gasteiger partial charge in [0.1, 0.15) is 0 Å². The molecule has 8 aromatic carbocycles. The summed E-state index contributed by atoms with van der Waals surface area (Å²) in [6.45, 7) is 0. The molecule has 0 N–H and O–H groups in total. The molecule has 0 aliphatic heterocycles. The standard InChI is InChI=1S/C51H33N5/c1-4-17-34(18-5-1)37-23-16-24-38(33-37)50-52-49(36-21-8-3-9-22-36)53-51(54-50)56-46-30-15-12-27-41(46)43-32-31-42-40-26-11-14-29-45(40)55(47(42)48(43)56)44-28-13-10-25-39(44)35-19-6-2-7-20-35/h1-33H/i2D,6D,7D,19D,20D. The van der Waals surface area contributed by atoms with E-state index >= 15 is 0 Å². The highest BCUT2D eigenvalue weighted by atomic mass is 15.2. The molecule has 0 saturated heterocycles. The molecule has 0 aliphatic rings. The molecule has 0 radical (unpaired) electrons. The summed E-state index contributed by atoms with van der Waals surface area (Å²) in [4.78, 5) is 15.7. The minimum Gasteiger partial charge on any atom is -0.307 e. The maximum absolute atomic E-state index is 9.01. The molecule has 11 rings (SSSR count). The average molecular weight is 721 g/mol. The van der Waals surface area contributed by atoms with E-state index in [1.165, 1.54) is 0 Å². The first-order chi connectivity index (χ1) is 29.9. The van der Waals surface area contributed by atoms with Gasteiger partial charge in [-0.3, -0.25) is 4.57 Å². The zero-order valence-corrected chi connectivity index (χ0v) is 29.9. The number of hydrogen-bond donors (Lipinski definition) is 0. The lowest BCUT2D eigenvalue weighted by Gasteiger charge is -2.16. The van der Waals surface area contributed by atoms with Gasteiger partial charge in [-0.25, -0.2) is 4.98 Å². The summed E-state index contributed by atoms with van der Waals surface area (Å²) in [5.74, 6) is 1.48. The number of nitrogens with zero attached hydrogens (tertiary/aromatic N) is 5. The second-order valence-corrected chi connectivity index (χ2v) is 13.7. The average Bonchev–Trinajstić information content (AvgIpc) is 3.84. The van der Waals surface area contributed by atoms with Crippen LogP contribution in [0.25, 0.3) is 100 Å². The number of fused-ring (bicyclic) bond motifs is 7. The van der Waals surface area contributed by atoms with Crippen molar-refractivity contribution >= 4 is 43.6 Å². The number of rotatable bonds is 6. The molecule has 262 valence electrons. The van der Waals surface area contributed by atoms with Crippen molar-refractivity contribution in [3.63, 3.8) is 0 Å². The molecule has 0 bridgehead atoms. The van der Waals surface area contributed by atoms with E-state index in [0.29, 0.717) is 28.8 Å². The Labute approximate surface area is 330 Å². The van der Waals surface area contributed by atoms with Crippen molar-refractivity contribution in [2.24, 2.45) is 0 Å². The summed E-state index contributed by atoms with van der Waals surface area (Å²) in [5.41, 5.74) is 8.61. The van der Waals surface area contributed by atoms with Crippen LogP contribution in [0.15, 0.2) is 200 Å². The van der Waals surface area contributed by atoms with Gasteiger partial charge in [0.25, 0.3) is 0 Å². The van der Waals surface area contributed by atoms with Gasteiger partial charge in [0.15, 0.2) is 11.6 Å². The molecule has 11 aromatic rings. The van der Waals surface area contributed by atoms with Gasteiger partial charge >= 0.3 is 0 Å². The maximum atomic E-state index is 9.01. The molecule has 0 saturated carbocycles. The SMILES string of the molecule is [2H]c1c([2H])c([2H])c(-c2ccccc2-n2c3ccccc3c3ccc4c5ccccc5n(-c5nc(-c6ccccc6)nc(-c6cccc(-c7ccccc7)c6)n5)c4c32)c([2H])c1[2H]. The predicted molar refractivity (Wildman–Crippen MR) is 230 cm³/mol. The molecule has 56 heavy (non-hydrogen) atoms. The van der Waals surface area contributed by atoms with E-state index in [1.807, 2.05) is 109 Å². The monoisotopic (exact) mass is 720 g/mol. The lowest BCUT2D eigenvalue weighted by molar-refractivity contribution is 0.953. The largest absolute Gasteiger partial charge is 0.307 e. The van der Waals surface area contributed by atoms with Crippen molar-refractivity contribution in [2.45, 2.75) is 0 Å². The van der Waals surface area contributed by atoms with E-state index in [9.17, 15) is 0 Å². The van der Waals surface area contributed by atoms with E-state index in [4.69, 9.17) is 21.8 Å². The van der Waals surface area contributed by atoms with E-state index in [2.05, 4.69) is 69.8 Å². The Bertz CT molecular complexity index is 3520. The second-order valence-electron chi connectivity index (χ2n) is 13.7. The Morgan fingerprint density at radius 1 is 0.375 bits per heavy atom. The summed E-state index contributed by atoms with van der Waals surface area (Å²) in [5, 5.41) is 3.94. The topological polar surface area (TPSA) is 48.5 Å². The first kappa shape index (κ1) is 27.0. The fourth-order valence-electron chi connectivity index (χ4n) is 8.00. The third-order valence-corrected chi connectivity index (χ3v) is 10.5. The summed E-state index contributed by atoms with van der Waals surface area (Å²) in [7, 11) is 0. The highest BCUT2D eigenvalue weighted by Gasteiger charge is 2.24. The molecule has 0 spiro atoms. The Kier molecular flexibility index (Phi) is 6.29. The van der Waals surface area contributed by atoms with Gasteiger partial charge < -0.3 is 4.57 Å². The summed E-state index contributed by atoms with van der Waals surface area (Å²) >= 11 is 0. The molecular formula is C51H33N5. The number of para-hydroxylation sites is 3. The van der Waals surface area contributed by atoms with Crippen molar-refractivity contribution in [2.75, 3.05) is 0 Å². The van der Waals surface area contributed by atoms with Crippen LogP contribution in [0.3, 0.4) is 0 Å². The molecule has 5 heteroatoms. The highest BCUT2D eigenvalue weighted by molar-refractivity contribution is 6.24. The molecule has 3 aromatic heterocycles. The van der Waals surface area contributed by atoms with Gasteiger partial charge in [-0.1, -0.05) is 176 Å². The van der Waals surface area contributed by atoms with Gasteiger partial charge in [0.05, 0.1) is 34.6 Å². The molecule has 0 fully saturated rings. The van der Waals surface area contributed by atoms with E-state index in [1.54, 1.807) is 0 Å². The smallest absolute Gasteiger partial charge is 0.238 e. The van der Waals surface area contributed by atoms with Crippen LogP contribution in [-0.4, -0.2) is 24.1 Å². The minimum absolute atomic E-state index is 0.132. The van der Waals surface area contributed by atoms with Gasteiger partial charge in [-0.2, -0.15) is 9.97 Å². The molecule has 0 aliphatic carbocycles. The molecular weight excluding hydrogens is 683 g/mol. The van der Waals surface area contributed by atoms with Gasteiger partial charge in [0, 0.05) is 38.2 Å². The van der Waals surface area contributed by atoms with Crippen LogP contribution in [0.4, 0.5) is 0 Å². The lowest BCUT2D eigenvalue weighted by atomic mass is 10.0. The van der Waals surface area contributed by atoms with Gasteiger partial charge in [-0.15, -0.1) is 0 Å². The zero-order valence-electron chi connectivity index (χ0n) is 34.9. The third kappa shape index (κ3) is 5.13. The molecule has 0 amide bonds. The van der Waals surface area contributed by atoms with Crippen molar-refractivity contribution in [3.05, 3.63) is 200 Å². The quantitative estimate of drug-likeness (QED) is 0.172. The molecule has 5 nitrogen and oxygen atoms in total. The fourth-order valence-corrected chi connectivity index (χ4v) is 8.00. The van der Waals surface area contributed by atoms with Crippen molar-refractivity contribution in [1.82, 2.24) is 24.1 Å². The van der Waals surface area contributed by atoms with Crippen molar-refractivity contribution in [3.8, 4) is 56.7 Å². The first-order valence-electron chi connectivity index (χ1n) is 21.0. The first-order valence-corrected chi connectivity index (χ1v) is 18.5. The summed E-state index contributed by atoms with van der Waals surface area (Å²) < 4.78 is 47.7. The van der Waals surface area contributed by atoms with Crippen LogP contribution in [0.2, 0.25) is 0 Å². The maximum Gasteiger partial charge on any atom is 0.238 e. The van der Waals surface area contributed by atoms with Crippen molar-refractivity contribution < 1.29 is 6.85 Å². The van der Waals surface area contributed by atoms with Crippen molar-refractivity contribution in [1.29, 1.82) is 0 Å². The molecule has 0 atom stereocenters. The zero-order chi connectivity index (χ0) is 41.4. The van der Waals surface area contributed by atoms with Crippen LogP contribution < -0.4 is 0 Å². The molecule has 0 unspecified atom stereocenters. The molecule has 3 heterocycles. The van der Waals surface area contributed by atoms with E-state index in [0.717, 1.165) is 65.9 Å². The summed E-state index contributed by atoms with van der Waals surface area (Å²) in [6.07, 6.45) is 0. The van der Waals surface area contributed by atoms with Crippen LogP contribution in [0, 0.1) is 0 Å². The summed E-state index contributed by atoms with van der Waals surface area (Å²) in [6, 6.07) is 54.9. The Hall–Kier alpha value is -7.63. The number of aromatic nitrogens is 5. The second kappa shape index (κ2) is 13.0. The third-order valence-electron chi connectivity index (χ3n) is 10.5. The number of benzene rings is 8. The Morgan fingerprint density at radius 2 is 0.911 bits per heavy atom.